The molecular weight excluding hydrogens is 326 g/mol. The van der Waals surface area contributed by atoms with E-state index in [0.717, 1.165) is 50.6 Å². The molecule has 1 aromatic rings. The lowest BCUT2D eigenvalue weighted by Gasteiger charge is -2.32. The van der Waals surface area contributed by atoms with Crippen LogP contribution in [0.2, 0.25) is 0 Å². The van der Waals surface area contributed by atoms with Gasteiger partial charge in [0.25, 0.3) is 0 Å². The molecule has 1 saturated heterocycles. The van der Waals surface area contributed by atoms with Crippen LogP contribution in [0.3, 0.4) is 0 Å². The van der Waals surface area contributed by atoms with Crippen LogP contribution < -0.4 is 4.72 Å². The van der Waals surface area contributed by atoms with E-state index in [1.807, 2.05) is 17.8 Å². The van der Waals surface area contributed by atoms with Gasteiger partial charge in [-0.1, -0.05) is 19.3 Å². The summed E-state index contributed by atoms with van der Waals surface area (Å²) in [6.45, 7) is 3.50. The van der Waals surface area contributed by atoms with Gasteiger partial charge in [-0.25, -0.2) is 13.1 Å². The van der Waals surface area contributed by atoms with Crippen molar-refractivity contribution in [1.82, 2.24) is 14.5 Å². The summed E-state index contributed by atoms with van der Waals surface area (Å²) in [5.41, 5.74) is 0.960. The molecule has 1 aliphatic heterocycles. The molecule has 0 radical (unpaired) electrons. The summed E-state index contributed by atoms with van der Waals surface area (Å²) in [5.74, 6) is 0.562. The van der Waals surface area contributed by atoms with Crippen LogP contribution in [0.1, 0.15) is 63.5 Å². The van der Waals surface area contributed by atoms with Crippen molar-refractivity contribution in [2.24, 2.45) is 5.92 Å². The first-order valence-electron chi connectivity index (χ1n) is 9.21. The molecular formula is C17H29N3O3S. The van der Waals surface area contributed by atoms with Crippen LogP contribution in [0.4, 0.5) is 0 Å². The van der Waals surface area contributed by atoms with E-state index in [1.54, 1.807) is 6.20 Å². The number of aromatic nitrogens is 2. The fourth-order valence-electron chi connectivity index (χ4n) is 3.87. The normalized spacial score (nSPS) is 26.5. The Labute approximate surface area is 145 Å². The Bertz CT molecular complexity index is 623. The van der Waals surface area contributed by atoms with Crippen LogP contribution in [0.5, 0.6) is 0 Å². The molecule has 0 unspecified atom stereocenters. The molecule has 1 saturated carbocycles. The highest BCUT2D eigenvalue weighted by molar-refractivity contribution is 7.89. The number of rotatable bonds is 6. The van der Waals surface area contributed by atoms with Crippen LogP contribution in [0, 0.1) is 5.92 Å². The van der Waals surface area contributed by atoms with E-state index in [0.29, 0.717) is 12.5 Å². The SMILES string of the molecule is CCn1cc([C@H]2OCCC[C@@H]2NS(=O)(=O)CC2CCCCC2)cn1. The summed E-state index contributed by atoms with van der Waals surface area (Å²) in [6, 6.07) is -0.193. The van der Waals surface area contributed by atoms with E-state index in [-0.39, 0.29) is 17.9 Å². The van der Waals surface area contributed by atoms with E-state index in [1.165, 1.54) is 6.42 Å². The maximum Gasteiger partial charge on any atom is 0.212 e. The van der Waals surface area contributed by atoms with Gasteiger partial charge >= 0.3 is 0 Å². The second-order valence-electron chi connectivity index (χ2n) is 7.07. The molecule has 2 aliphatic rings. The second kappa shape index (κ2) is 7.97. The van der Waals surface area contributed by atoms with Gasteiger partial charge in [0.15, 0.2) is 0 Å². The Morgan fingerprint density at radius 2 is 2.04 bits per heavy atom. The van der Waals surface area contributed by atoms with Gasteiger partial charge in [0, 0.05) is 24.9 Å². The zero-order valence-corrected chi connectivity index (χ0v) is 15.3. The second-order valence-corrected chi connectivity index (χ2v) is 8.87. The van der Waals surface area contributed by atoms with Crippen molar-refractivity contribution in [3.63, 3.8) is 0 Å². The van der Waals surface area contributed by atoms with E-state index in [4.69, 9.17) is 4.74 Å². The Kier molecular flexibility index (Phi) is 5.94. The monoisotopic (exact) mass is 355 g/mol. The van der Waals surface area contributed by atoms with Crippen molar-refractivity contribution in [3.05, 3.63) is 18.0 Å². The lowest BCUT2D eigenvalue weighted by atomic mass is 9.91. The number of ether oxygens (including phenoxy) is 1. The first-order chi connectivity index (χ1) is 11.6. The summed E-state index contributed by atoms with van der Waals surface area (Å²) in [5, 5.41) is 4.29. The number of hydrogen-bond donors (Lipinski definition) is 1. The minimum atomic E-state index is -3.28. The first kappa shape index (κ1) is 17.9. The number of hydrogen-bond acceptors (Lipinski definition) is 4. The quantitative estimate of drug-likeness (QED) is 0.851. The molecule has 7 heteroatoms. The van der Waals surface area contributed by atoms with Gasteiger partial charge in [0.05, 0.1) is 18.0 Å². The fraction of sp³-hybridized carbons (Fsp3) is 0.824. The molecule has 2 heterocycles. The van der Waals surface area contributed by atoms with Crippen molar-refractivity contribution in [1.29, 1.82) is 0 Å². The van der Waals surface area contributed by atoms with Crippen LogP contribution in [-0.4, -0.2) is 36.6 Å². The molecule has 0 bridgehead atoms. The van der Waals surface area contributed by atoms with Crippen molar-refractivity contribution in [2.75, 3.05) is 12.4 Å². The predicted molar refractivity (Wildman–Crippen MR) is 93.1 cm³/mol. The Hall–Kier alpha value is -0.920. The molecule has 1 aromatic heterocycles. The van der Waals surface area contributed by atoms with Gasteiger partial charge in [-0.2, -0.15) is 5.10 Å². The van der Waals surface area contributed by atoms with Gasteiger partial charge in [-0.3, -0.25) is 4.68 Å². The lowest BCUT2D eigenvalue weighted by Crippen LogP contribution is -2.44. The van der Waals surface area contributed by atoms with Crippen LogP contribution in [0.25, 0.3) is 0 Å². The molecule has 0 spiro atoms. The largest absolute Gasteiger partial charge is 0.372 e. The van der Waals surface area contributed by atoms with Crippen molar-refractivity contribution in [3.8, 4) is 0 Å². The summed E-state index contributed by atoms with van der Waals surface area (Å²) >= 11 is 0. The highest BCUT2D eigenvalue weighted by Crippen LogP contribution is 2.30. The maximum atomic E-state index is 12.6. The zero-order chi connectivity index (χ0) is 17.0. The maximum absolute atomic E-state index is 12.6. The van der Waals surface area contributed by atoms with Gasteiger partial charge in [0.1, 0.15) is 6.10 Å². The van der Waals surface area contributed by atoms with Crippen molar-refractivity contribution in [2.45, 2.75) is 70.6 Å². The van der Waals surface area contributed by atoms with E-state index >= 15 is 0 Å². The van der Waals surface area contributed by atoms with Gasteiger partial charge < -0.3 is 4.74 Å². The number of sulfonamides is 1. The highest BCUT2D eigenvalue weighted by atomic mass is 32.2. The first-order valence-corrected chi connectivity index (χ1v) is 10.9. The molecule has 6 nitrogen and oxygen atoms in total. The number of nitrogens with one attached hydrogen (secondary N) is 1. The molecule has 0 aromatic carbocycles. The molecule has 1 N–H and O–H groups in total. The molecule has 136 valence electrons. The van der Waals surface area contributed by atoms with Crippen LogP contribution in [0.15, 0.2) is 12.4 Å². The van der Waals surface area contributed by atoms with Gasteiger partial charge in [0.2, 0.25) is 10.0 Å². The third-order valence-electron chi connectivity index (χ3n) is 5.14. The predicted octanol–water partition coefficient (Wildman–Crippen LogP) is 2.62. The van der Waals surface area contributed by atoms with Crippen LogP contribution in [-0.2, 0) is 21.3 Å². The number of aryl methyl sites for hydroxylation is 1. The molecule has 24 heavy (non-hydrogen) atoms. The third kappa shape index (κ3) is 4.58. The van der Waals surface area contributed by atoms with E-state index < -0.39 is 10.0 Å². The molecule has 2 fully saturated rings. The average Bonchev–Trinajstić information content (AvgIpc) is 3.04. The molecule has 2 atom stereocenters. The zero-order valence-electron chi connectivity index (χ0n) is 14.5. The summed E-state index contributed by atoms with van der Waals surface area (Å²) < 4.78 is 35.9. The minimum absolute atomic E-state index is 0.193. The van der Waals surface area contributed by atoms with Crippen molar-refractivity contribution >= 4 is 10.0 Å². The van der Waals surface area contributed by atoms with Gasteiger partial charge in [-0.15, -0.1) is 0 Å². The molecule has 3 rings (SSSR count). The average molecular weight is 356 g/mol. The standard InChI is InChI=1S/C17H29N3O3S/c1-2-20-12-15(11-18-20)17-16(9-6-10-23-17)19-24(21,22)13-14-7-4-3-5-8-14/h11-12,14,16-17,19H,2-10,13H2,1H3/t16-,17+/m0/s1. The number of nitrogens with zero attached hydrogens (tertiary/aromatic N) is 2. The molecule has 0 amide bonds. The topological polar surface area (TPSA) is 73.2 Å². The summed E-state index contributed by atoms with van der Waals surface area (Å²) in [6.07, 6.45) is 10.8. The smallest absolute Gasteiger partial charge is 0.212 e. The Morgan fingerprint density at radius 1 is 1.25 bits per heavy atom. The molecule has 1 aliphatic carbocycles. The summed E-state index contributed by atoms with van der Waals surface area (Å²) in [4.78, 5) is 0. The Morgan fingerprint density at radius 3 is 2.75 bits per heavy atom. The Balaban J connectivity index is 1.66. The lowest BCUT2D eigenvalue weighted by molar-refractivity contribution is -0.00450. The highest BCUT2D eigenvalue weighted by Gasteiger charge is 2.32. The third-order valence-corrected chi connectivity index (χ3v) is 6.71. The summed E-state index contributed by atoms with van der Waals surface area (Å²) in [7, 11) is -3.28. The fourth-order valence-corrected chi connectivity index (χ4v) is 5.63. The van der Waals surface area contributed by atoms with Crippen LogP contribution >= 0.6 is 0 Å². The van der Waals surface area contributed by atoms with Gasteiger partial charge in [-0.05, 0) is 38.5 Å². The van der Waals surface area contributed by atoms with E-state index in [2.05, 4.69) is 9.82 Å². The van der Waals surface area contributed by atoms with Crippen molar-refractivity contribution < 1.29 is 13.2 Å². The van der Waals surface area contributed by atoms with E-state index in [9.17, 15) is 8.42 Å². The minimum Gasteiger partial charge on any atom is -0.372 e.